The molecule has 2 radical (unpaired) electrons. The minimum atomic E-state index is 0.472. The van der Waals surface area contributed by atoms with Crippen molar-refractivity contribution in [2.75, 3.05) is 0 Å². The third kappa shape index (κ3) is 0.922. The van der Waals surface area contributed by atoms with Gasteiger partial charge in [0.2, 0.25) is 7.98 Å². The third-order valence-corrected chi connectivity index (χ3v) is 0.982. The van der Waals surface area contributed by atoms with Crippen LogP contribution in [0.2, 0.25) is 0 Å². The van der Waals surface area contributed by atoms with E-state index in [4.69, 9.17) is 7.98 Å². The van der Waals surface area contributed by atoms with E-state index in [0.29, 0.717) is 4.64 Å². The van der Waals surface area contributed by atoms with Gasteiger partial charge in [0, 0.05) is 0 Å². The number of aromatic nitrogens is 3. The zero-order valence-corrected chi connectivity index (χ0v) is 4.80. The molecule has 0 saturated heterocycles. The SMILES string of the molecule is [B]n1cnncc1=S. The fraction of sp³-hybridized carbons (Fsp3) is 0. The van der Waals surface area contributed by atoms with Crippen molar-refractivity contribution in [3.8, 4) is 0 Å². The van der Waals surface area contributed by atoms with E-state index in [0.717, 1.165) is 0 Å². The molecule has 0 aliphatic rings. The lowest BCUT2D eigenvalue weighted by Crippen LogP contribution is -1.96. The molecule has 0 amide bonds. The first-order valence-corrected chi connectivity index (χ1v) is 2.36. The molecule has 0 spiro atoms. The van der Waals surface area contributed by atoms with Crippen LogP contribution in [0.3, 0.4) is 0 Å². The van der Waals surface area contributed by atoms with Crippen molar-refractivity contribution in [3.05, 3.63) is 17.2 Å². The number of hydrogen-bond acceptors (Lipinski definition) is 3. The van der Waals surface area contributed by atoms with E-state index in [-0.39, 0.29) is 0 Å². The lowest BCUT2D eigenvalue weighted by atomic mass is 10.4. The van der Waals surface area contributed by atoms with E-state index >= 15 is 0 Å². The molecule has 0 atom stereocenters. The van der Waals surface area contributed by atoms with Gasteiger partial charge in [-0.15, -0.1) is 5.10 Å². The summed E-state index contributed by atoms with van der Waals surface area (Å²) in [6.45, 7) is 0. The second kappa shape index (κ2) is 2.04. The van der Waals surface area contributed by atoms with Gasteiger partial charge in [-0.3, -0.25) is 0 Å². The number of hydrogen-bond donors (Lipinski definition) is 0. The van der Waals surface area contributed by atoms with Crippen LogP contribution in [0.1, 0.15) is 0 Å². The summed E-state index contributed by atoms with van der Waals surface area (Å²) >= 11 is 4.69. The predicted octanol–water partition coefficient (Wildman–Crippen LogP) is -0.0608. The molecule has 0 bridgehead atoms. The minimum Gasteiger partial charge on any atom is -0.377 e. The third-order valence-electron chi connectivity index (χ3n) is 0.665. The molecule has 8 heavy (non-hydrogen) atoms. The van der Waals surface area contributed by atoms with Crippen LogP contribution in [0, 0.1) is 4.64 Å². The Labute approximate surface area is 52.8 Å². The van der Waals surface area contributed by atoms with Crippen molar-refractivity contribution in [2.24, 2.45) is 0 Å². The first-order valence-electron chi connectivity index (χ1n) is 1.95. The van der Waals surface area contributed by atoms with Crippen molar-refractivity contribution < 1.29 is 0 Å². The minimum absolute atomic E-state index is 0.472. The van der Waals surface area contributed by atoms with Crippen LogP contribution in [0.5, 0.6) is 0 Å². The number of rotatable bonds is 0. The fourth-order valence-electron chi connectivity index (χ4n) is 0.292. The smallest absolute Gasteiger partial charge is 0.237 e. The summed E-state index contributed by atoms with van der Waals surface area (Å²) in [6, 6.07) is 0. The molecule has 1 rings (SSSR count). The molecule has 1 aromatic heterocycles. The zero-order valence-electron chi connectivity index (χ0n) is 3.98. The van der Waals surface area contributed by atoms with Crippen LogP contribution >= 0.6 is 12.2 Å². The molecular weight excluding hydrogens is 121 g/mol. The summed E-state index contributed by atoms with van der Waals surface area (Å²) in [5, 5.41) is 6.96. The van der Waals surface area contributed by atoms with Gasteiger partial charge in [-0.1, -0.05) is 12.2 Å². The van der Waals surface area contributed by atoms with Crippen molar-refractivity contribution in [3.63, 3.8) is 0 Å². The number of nitrogens with zero attached hydrogens (tertiary/aromatic N) is 3. The first kappa shape index (κ1) is 5.43. The van der Waals surface area contributed by atoms with E-state index < -0.39 is 0 Å². The lowest BCUT2D eigenvalue weighted by molar-refractivity contribution is 0.926. The van der Waals surface area contributed by atoms with Crippen LogP contribution < -0.4 is 0 Å². The van der Waals surface area contributed by atoms with Crippen LogP contribution in [0.4, 0.5) is 0 Å². The average Bonchev–Trinajstić information content (AvgIpc) is 1.77. The molecule has 0 aromatic carbocycles. The van der Waals surface area contributed by atoms with Crippen LogP contribution in [0.15, 0.2) is 12.5 Å². The lowest BCUT2D eigenvalue weighted by Gasteiger charge is -1.90. The highest BCUT2D eigenvalue weighted by atomic mass is 32.1. The van der Waals surface area contributed by atoms with Gasteiger partial charge < -0.3 is 4.48 Å². The van der Waals surface area contributed by atoms with Gasteiger partial charge in [-0.2, -0.15) is 5.10 Å². The van der Waals surface area contributed by atoms with Gasteiger partial charge in [0.05, 0.1) is 6.20 Å². The van der Waals surface area contributed by atoms with Gasteiger partial charge >= 0.3 is 0 Å². The summed E-state index contributed by atoms with van der Waals surface area (Å²) in [7, 11) is 5.23. The molecule has 0 N–H and O–H groups in total. The van der Waals surface area contributed by atoms with E-state index in [1.807, 2.05) is 0 Å². The van der Waals surface area contributed by atoms with Crippen molar-refractivity contribution >= 4 is 20.2 Å². The molecule has 0 aliphatic carbocycles. The van der Waals surface area contributed by atoms with E-state index in [1.54, 1.807) is 0 Å². The maximum Gasteiger partial charge on any atom is 0.237 e. The van der Waals surface area contributed by atoms with Gasteiger partial charge in [-0.05, 0) is 0 Å². The van der Waals surface area contributed by atoms with Gasteiger partial charge in [-0.25, -0.2) is 0 Å². The Kier molecular flexibility index (Phi) is 1.39. The highest BCUT2D eigenvalue weighted by Gasteiger charge is 1.77. The normalized spacial score (nSPS) is 9.00. The molecule has 0 saturated carbocycles. The Bertz CT molecular complexity index is 232. The summed E-state index contributed by atoms with van der Waals surface area (Å²) < 4.78 is 1.70. The molecule has 1 heterocycles. The van der Waals surface area contributed by atoms with E-state index in [9.17, 15) is 0 Å². The Hall–Kier alpha value is -0.705. The Morgan fingerprint density at radius 3 is 2.75 bits per heavy atom. The van der Waals surface area contributed by atoms with Crippen molar-refractivity contribution in [1.29, 1.82) is 0 Å². The highest BCUT2D eigenvalue weighted by molar-refractivity contribution is 7.71. The average molecular weight is 123 g/mol. The highest BCUT2D eigenvalue weighted by Crippen LogP contribution is 1.78. The largest absolute Gasteiger partial charge is 0.377 e. The molecule has 38 valence electrons. The van der Waals surface area contributed by atoms with E-state index in [2.05, 4.69) is 22.4 Å². The first-order chi connectivity index (χ1) is 3.80. The van der Waals surface area contributed by atoms with Crippen LogP contribution in [-0.4, -0.2) is 22.7 Å². The van der Waals surface area contributed by atoms with Gasteiger partial charge in [0.15, 0.2) is 0 Å². The molecule has 0 aliphatic heterocycles. The molecule has 1 aromatic rings. The van der Waals surface area contributed by atoms with Crippen LogP contribution in [-0.2, 0) is 0 Å². The quantitative estimate of drug-likeness (QED) is 0.357. The maximum absolute atomic E-state index is 5.23. The van der Waals surface area contributed by atoms with Crippen LogP contribution in [0.25, 0.3) is 0 Å². The summed E-state index contributed by atoms with van der Waals surface area (Å²) in [5.41, 5.74) is 0. The van der Waals surface area contributed by atoms with Gasteiger partial charge in [0.1, 0.15) is 11.0 Å². The molecular formula is C3H2BN3S. The van der Waals surface area contributed by atoms with E-state index in [1.165, 1.54) is 17.0 Å². The van der Waals surface area contributed by atoms with Gasteiger partial charge in [0.25, 0.3) is 0 Å². The fourth-order valence-corrected chi connectivity index (χ4v) is 0.386. The topological polar surface area (TPSA) is 30.7 Å². The monoisotopic (exact) mass is 123 g/mol. The molecule has 3 nitrogen and oxygen atoms in total. The second-order valence-corrected chi connectivity index (χ2v) is 1.64. The maximum atomic E-state index is 5.23. The Morgan fingerprint density at radius 2 is 2.38 bits per heavy atom. The summed E-state index contributed by atoms with van der Waals surface area (Å²) in [5.74, 6) is 0. The standard InChI is InChI=1S/C3H2BN3S/c4-7-2-6-5-1-3(7)8/h1-2H. The molecule has 5 heteroatoms. The molecule has 0 fully saturated rings. The Balaban J connectivity index is 3.35. The summed E-state index contributed by atoms with van der Waals surface area (Å²) in [6.07, 6.45) is 2.76. The molecule has 0 unspecified atom stereocenters. The second-order valence-electron chi connectivity index (χ2n) is 1.22. The van der Waals surface area contributed by atoms with Crippen molar-refractivity contribution in [1.82, 2.24) is 14.7 Å². The Morgan fingerprint density at radius 1 is 1.62 bits per heavy atom. The zero-order chi connectivity index (χ0) is 5.98. The predicted molar refractivity (Wildman–Crippen MR) is 32.0 cm³/mol. The van der Waals surface area contributed by atoms with Crippen molar-refractivity contribution in [2.45, 2.75) is 0 Å². The summed E-state index contributed by atoms with van der Waals surface area (Å²) in [4.78, 5) is 0.